The lowest BCUT2D eigenvalue weighted by atomic mass is 9.84. The molecule has 2 aliphatic heterocycles. The van der Waals surface area contributed by atoms with E-state index in [1.165, 1.54) is 16.5 Å². The van der Waals surface area contributed by atoms with E-state index in [1.807, 2.05) is 0 Å². The number of hydrogen-bond donors (Lipinski definition) is 1. The summed E-state index contributed by atoms with van der Waals surface area (Å²) in [5, 5.41) is 1.28. The molecule has 3 aliphatic rings. The third-order valence-corrected chi connectivity index (χ3v) is 10.2. The average molecular weight is 492 g/mol. The Morgan fingerprint density at radius 1 is 0.939 bits per heavy atom. The van der Waals surface area contributed by atoms with Crippen LogP contribution in [0.25, 0.3) is 10.1 Å². The Hall–Kier alpha value is -1.26. The zero-order chi connectivity index (χ0) is 22.7. The van der Waals surface area contributed by atoms with Crippen LogP contribution in [0, 0.1) is 5.92 Å². The summed E-state index contributed by atoms with van der Waals surface area (Å²) in [5.41, 5.74) is 0. The SMILES string of the molecule is O=S(=O)(N[C@H]1CC[C@@H](CCN2CCN(c3nsc4ccccc34)CC2)CC1)N1CCCCC1. The fraction of sp³-hybridized carbons (Fsp3) is 0.708. The van der Waals surface area contributed by atoms with Crippen LogP contribution in [0.5, 0.6) is 0 Å². The van der Waals surface area contributed by atoms with E-state index in [2.05, 4.69) is 38.8 Å². The summed E-state index contributed by atoms with van der Waals surface area (Å²) in [5.74, 6) is 1.88. The molecule has 2 aromatic rings. The monoisotopic (exact) mass is 491 g/mol. The summed E-state index contributed by atoms with van der Waals surface area (Å²) in [6, 6.07) is 8.64. The lowest BCUT2D eigenvalue weighted by Gasteiger charge is -2.36. The number of anilines is 1. The molecule has 1 aliphatic carbocycles. The molecular formula is C24H37N5O2S2. The molecule has 9 heteroatoms. The first kappa shape index (κ1) is 23.5. The van der Waals surface area contributed by atoms with Gasteiger partial charge in [-0.25, -0.2) is 0 Å². The van der Waals surface area contributed by atoms with Crippen LogP contribution < -0.4 is 9.62 Å². The van der Waals surface area contributed by atoms with Crippen molar-refractivity contribution in [3.8, 4) is 0 Å². The van der Waals surface area contributed by atoms with Crippen LogP contribution >= 0.6 is 11.5 Å². The van der Waals surface area contributed by atoms with Gasteiger partial charge < -0.3 is 4.90 Å². The molecule has 0 unspecified atom stereocenters. The number of nitrogens with one attached hydrogen (secondary N) is 1. The largest absolute Gasteiger partial charge is 0.353 e. The standard InChI is InChI=1S/C24H37N5O2S2/c30-33(31,29-13-4-1-5-14-29)26-21-10-8-20(9-11-21)12-15-27-16-18-28(19-17-27)24-22-6-2-3-7-23(22)32-25-24/h2-3,6-7,20-21,26H,1,4-5,8-19H2/t20-,21+. The van der Waals surface area contributed by atoms with Gasteiger partial charge >= 0.3 is 0 Å². The van der Waals surface area contributed by atoms with Crippen molar-refractivity contribution in [2.75, 3.05) is 50.7 Å². The number of fused-ring (bicyclic) bond motifs is 1. The number of hydrogen-bond acceptors (Lipinski definition) is 6. The van der Waals surface area contributed by atoms with E-state index in [-0.39, 0.29) is 6.04 Å². The highest BCUT2D eigenvalue weighted by Gasteiger charge is 2.30. The van der Waals surface area contributed by atoms with E-state index in [0.29, 0.717) is 13.1 Å². The second kappa shape index (κ2) is 10.6. The van der Waals surface area contributed by atoms with Crippen molar-refractivity contribution in [3.63, 3.8) is 0 Å². The van der Waals surface area contributed by atoms with Gasteiger partial charge in [0, 0.05) is 50.7 Å². The van der Waals surface area contributed by atoms with E-state index >= 15 is 0 Å². The fourth-order valence-corrected chi connectivity index (χ4v) is 7.95. The second-order valence-electron chi connectivity index (χ2n) is 9.92. The minimum absolute atomic E-state index is 0.115. The lowest BCUT2D eigenvalue weighted by molar-refractivity contribution is 0.213. The Bertz CT molecular complexity index is 1000. The zero-order valence-electron chi connectivity index (χ0n) is 19.5. The van der Waals surface area contributed by atoms with E-state index in [4.69, 9.17) is 4.37 Å². The van der Waals surface area contributed by atoms with Crippen molar-refractivity contribution in [1.82, 2.24) is 18.3 Å². The van der Waals surface area contributed by atoms with Crippen LogP contribution in [0.15, 0.2) is 24.3 Å². The summed E-state index contributed by atoms with van der Waals surface area (Å²) >= 11 is 1.60. The van der Waals surface area contributed by atoms with Gasteiger partial charge in [0.15, 0.2) is 0 Å². The molecule has 1 saturated carbocycles. The number of rotatable bonds is 7. The minimum Gasteiger partial charge on any atom is -0.353 e. The first-order chi connectivity index (χ1) is 16.1. The maximum atomic E-state index is 12.7. The Balaban J connectivity index is 1.02. The molecule has 5 rings (SSSR count). The van der Waals surface area contributed by atoms with Gasteiger partial charge in [-0.2, -0.15) is 21.8 Å². The van der Waals surface area contributed by atoms with Gasteiger partial charge in [-0.05, 0) is 81.1 Å². The van der Waals surface area contributed by atoms with E-state index in [0.717, 1.165) is 89.4 Å². The van der Waals surface area contributed by atoms with Gasteiger partial charge in [-0.3, -0.25) is 4.90 Å². The molecule has 0 amide bonds. The van der Waals surface area contributed by atoms with Crippen molar-refractivity contribution in [3.05, 3.63) is 24.3 Å². The molecule has 0 spiro atoms. The normalized spacial score (nSPS) is 26.1. The Morgan fingerprint density at radius 2 is 1.67 bits per heavy atom. The minimum atomic E-state index is -3.30. The zero-order valence-corrected chi connectivity index (χ0v) is 21.1. The first-order valence-corrected chi connectivity index (χ1v) is 14.9. The van der Waals surface area contributed by atoms with Crippen molar-refractivity contribution < 1.29 is 8.42 Å². The number of nitrogens with zero attached hydrogens (tertiary/aromatic N) is 4. The van der Waals surface area contributed by atoms with Crippen LogP contribution in [0.4, 0.5) is 5.82 Å². The Kier molecular flexibility index (Phi) is 7.51. The summed E-state index contributed by atoms with van der Waals surface area (Å²) in [6.45, 7) is 6.78. The number of piperidine rings is 1. The van der Waals surface area contributed by atoms with Gasteiger partial charge in [0.25, 0.3) is 10.2 Å². The molecule has 3 heterocycles. The third-order valence-electron chi connectivity index (χ3n) is 7.70. The highest BCUT2D eigenvalue weighted by atomic mass is 32.2. The van der Waals surface area contributed by atoms with Crippen molar-refractivity contribution in [2.45, 2.75) is 57.4 Å². The predicted octanol–water partition coefficient (Wildman–Crippen LogP) is 3.69. The molecule has 3 fully saturated rings. The number of aromatic nitrogens is 1. The maximum Gasteiger partial charge on any atom is 0.279 e. The van der Waals surface area contributed by atoms with Crippen LogP contribution in [0.3, 0.4) is 0 Å². The molecule has 1 N–H and O–H groups in total. The third kappa shape index (κ3) is 5.70. The molecule has 2 saturated heterocycles. The summed E-state index contributed by atoms with van der Waals surface area (Å²) < 4.78 is 35.9. The molecule has 7 nitrogen and oxygen atoms in total. The number of piperazine rings is 1. The van der Waals surface area contributed by atoms with E-state index in [9.17, 15) is 8.42 Å². The molecule has 1 aromatic heterocycles. The van der Waals surface area contributed by atoms with Crippen LogP contribution in [-0.4, -0.2) is 73.9 Å². The summed E-state index contributed by atoms with van der Waals surface area (Å²) in [7, 11) is -3.30. The smallest absolute Gasteiger partial charge is 0.279 e. The topological polar surface area (TPSA) is 68.8 Å². The molecule has 33 heavy (non-hydrogen) atoms. The Morgan fingerprint density at radius 3 is 2.42 bits per heavy atom. The maximum absolute atomic E-state index is 12.7. The van der Waals surface area contributed by atoms with Crippen LogP contribution in [-0.2, 0) is 10.2 Å². The highest BCUT2D eigenvalue weighted by molar-refractivity contribution is 7.87. The van der Waals surface area contributed by atoms with Gasteiger partial charge in [0.2, 0.25) is 0 Å². The van der Waals surface area contributed by atoms with Crippen LogP contribution in [0.1, 0.15) is 51.4 Å². The lowest BCUT2D eigenvalue weighted by Crippen LogP contribution is -2.48. The molecular weight excluding hydrogens is 454 g/mol. The van der Waals surface area contributed by atoms with Gasteiger partial charge in [0.05, 0.1) is 4.70 Å². The second-order valence-corrected chi connectivity index (χ2v) is 12.4. The first-order valence-electron chi connectivity index (χ1n) is 12.7. The molecule has 0 bridgehead atoms. The molecule has 1 aromatic carbocycles. The molecule has 0 radical (unpaired) electrons. The summed E-state index contributed by atoms with van der Waals surface area (Å²) in [6.07, 6.45) is 8.57. The van der Waals surface area contributed by atoms with Crippen molar-refractivity contribution in [2.24, 2.45) is 5.92 Å². The average Bonchev–Trinajstić information content (AvgIpc) is 3.29. The van der Waals surface area contributed by atoms with Crippen molar-refractivity contribution >= 4 is 37.6 Å². The predicted molar refractivity (Wildman–Crippen MR) is 136 cm³/mol. The van der Waals surface area contributed by atoms with E-state index < -0.39 is 10.2 Å². The van der Waals surface area contributed by atoms with Crippen LogP contribution in [0.2, 0.25) is 0 Å². The highest BCUT2D eigenvalue weighted by Crippen LogP contribution is 2.31. The van der Waals surface area contributed by atoms with Gasteiger partial charge in [0.1, 0.15) is 5.82 Å². The Labute approximate surface area is 202 Å². The quantitative estimate of drug-likeness (QED) is 0.640. The van der Waals surface area contributed by atoms with Gasteiger partial charge in [-0.1, -0.05) is 18.6 Å². The van der Waals surface area contributed by atoms with E-state index in [1.54, 1.807) is 15.8 Å². The molecule has 182 valence electrons. The van der Waals surface area contributed by atoms with Gasteiger partial charge in [-0.15, -0.1) is 0 Å². The summed E-state index contributed by atoms with van der Waals surface area (Å²) in [4.78, 5) is 5.03. The fourth-order valence-electron chi connectivity index (χ4n) is 5.61. The van der Waals surface area contributed by atoms with Crippen molar-refractivity contribution in [1.29, 1.82) is 0 Å². The number of benzene rings is 1. The molecule has 0 atom stereocenters.